The summed E-state index contributed by atoms with van der Waals surface area (Å²) in [6, 6.07) is 7.48. The quantitative estimate of drug-likeness (QED) is 0.922. The van der Waals surface area contributed by atoms with Crippen molar-refractivity contribution in [1.29, 1.82) is 0 Å². The summed E-state index contributed by atoms with van der Waals surface area (Å²) in [6.45, 7) is 1.74. The fourth-order valence-corrected chi connectivity index (χ4v) is 3.98. The number of rotatable bonds is 2. The first-order valence-corrected chi connectivity index (χ1v) is 7.88. The molecule has 0 bridgehead atoms. The molecule has 19 heavy (non-hydrogen) atoms. The Morgan fingerprint density at radius 3 is 2.68 bits per heavy atom. The van der Waals surface area contributed by atoms with Gasteiger partial charge in [0.1, 0.15) is 0 Å². The van der Waals surface area contributed by atoms with Crippen LogP contribution < -0.4 is 5.32 Å². The van der Waals surface area contributed by atoms with Crippen LogP contribution in [0.1, 0.15) is 12.8 Å². The molecule has 1 aromatic carbocycles. The van der Waals surface area contributed by atoms with E-state index in [2.05, 4.69) is 15.3 Å². The van der Waals surface area contributed by atoms with Crippen LogP contribution in [0.2, 0.25) is 5.15 Å². The van der Waals surface area contributed by atoms with Gasteiger partial charge in [0, 0.05) is 6.54 Å². The Kier molecular flexibility index (Phi) is 3.77. The number of piperidine rings is 1. The van der Waals surface area contributed by atoms with E-state index < -0.39 is 10.8 Å². The van der Waals surface area contributed by atoms with E-state index in [1.165, 1.54) is 0 Å². The van der Waals surface area contributed by atoms with E-state index in [4.69, 9.17) is 11.6 Å². The number of hydrogen-bond acceptors (Lipinski definition) is 4. The summed E-state index contributed by atoms with van der Waals surface area (Å²) in [6.07, 6.45) is 1.97. The van der Waals surface area contributed by atoms with Crippen molar-refractivity contribution in [3.63, 3.8) is 0 Å². The predicted octanol–water partition coefficient (Wildman–Crippen LogP) is 2.14. The van der Waals surface area contributed by atoms with Gasteiger partial charge in [0.25, 0.3) is 0 Å². The number of hydrogen-bond donors (Lipinski definition) is 1. The van der Waals surface area contributed by atoms with Gasteiger partial charge in [-0.1, -0.05) is 23.7 Å². The van der Waals surface area contributed by atoms with Gasteiger partial charge in [0.05, 0.1) is 27.1 Å². The maximum Gasteiger partial charge on any atom is 0.165 e. The highest BCUT2D eigenvalue weighted by Gasteiger charge is 2.24. The molecular weight excluding hydrogens is 282 g/mol. The van der Waals surface area contributed by atoms with E-state index in [0.29, 0.717) is 5.03 Å². The highest BCUT2D eigenvalue weighted by Crippen LogP contribution is 2.23. The molecule has 0 saturated carbocycles. The fraction of sp³-hybridized carbons (Fsp3) is 0.385. The zero-order chi connectivity index (χ0) is 13.2. The SMILES string of the molecule is O=[S@](c1nc2ccccc2nc1Cl)[C@@H]1CCCNC1. The molecule has 0 spiro atoms. The Labute approximate surface area is 119 Å². The molecule has 0 radical (unpaired) electrons. The number of nitrogens with zero attached hydrogens (tertiary/aromatic N) is 2. The molecule has 1 fully saturated rings. The molecule has 2 aromatic rings. The average Bonchev–Trinajstić information content (AvgIpc) is 2.47. The molecule has 1 saturated heterocycles. The van der Waals surface area contributed by atoms with Crippen molar-refractivity contribution >= 4 is 33.4 Å². The number of benzene rings is 1. The molecule has 1 N–H and O–H groups in total. The lowest BCUT2D eigenvalue weighted by atomic mass is 10.2. The van der Waals surface area contributed by atoms with Crippen molar-refractivity contribution in [2.75, 3.05) is 13.1 Å². The van der Waals surface area contributed by atoms with Crippen LogP contribution in [0.5, 0.6) is 0 Å². The minimum absolute atomic E-state index is 0.0710. The third-order valence-electron chi connectivity index (χ3n) is 3.24. The normalized spacial score (nSPS) is 21.4. The number of halogens is 1. The number of aromatic nitrogens is 2. The molecule has 1 aliphatic rings. The maximum atomic E-state index is 12.5. The van der Waals surface area contributed by atoms with Crippen LogP contribution in [0.4, 0.5) is 0 Å². The molecule has 3 rings (SSSR count). The minimum Gasteiger partial charge on any atom is -0.316 e. The largest absolute Gasteiger partial charge is 0.316 e. The van der Waals surface area contributed by atoms with Crippen molar-refractivity contribution in [2.24, 2.45) is 0 Å². The monoisotopic (exact) mass is 295 g/mol. The lowest BCUT2D eigenvalue weighted by Gasteiger charge is -2.21. The summed E-state index contributed by atoms with van der Waals surface area (Å²) < 4.78 is 12.5. The van der Waals surface area contributed by atoms with Gasteiger partial charge >= 0.3 is 0 Å². The molecule has 0 unspecified atom stereocenters. The molecule has 1 aromatic heterocycles. The van der Waals surface area contributed by atoms with Gasteiger partial charge in [0.15, 0.2) is 10.2 Å². The third-order valence-corrected chi connectivity index (χ3v) is 5.29. The molecule has 1 aliphatic heterocycles. The number of nitrogens with one attached hydrogen (secondary N) is 1. The van der Waals surface area contributed by atoms with Crippen LogP contribution in [0.15, 0.2) is 29.3 Å². The second-order valence-electron chi connectivity index (χ2n) is 4.57. The van der Waals surface area contributed by atoms with Crippen LogP contribution in [-0.4, -0.2) is 32.5 Å². The van der Waals surface area contributed by atoms with Crippen molar-refractivity contribution in [3.8, 4) is 0 Å². The van der Waals surface area contributed by atoms with Gasteiger partial charge in [-0.3, -0.25) is 4.21 Å². The Morgan fingerprint density at radius 2 is 2.00 bits per heavy atom. The first kappa shape index (κ1) is 13.0. The topological polar surface area (TPSA) is 54.9 Å². The molecule has 0 aliphatic carbocycles. The Morgan fingerprint density at radius 1 is 1.26 bits per heavy atom. The fourth-order valence-electron chi connectivity index (χ4n) is 2.25. The Balaban J connectivity index is 1.99. The number of para-hydroxylation sites is 2. The summed E-state index contributed by atoms with van der Waals surface area (Å²) in [5.74, 6) is 0. The first-order valence-electron chi connectivity index (χ1n) is 6.29. The van der Waals surface area contributed by atoms with Gasteiger partial charge in [-0.25, -0.2) is 9.97 Å². The van der Waals surface area contributed by atoms with Crippen molar-refractivity contribution < 1.29 is 4.21 Å². The third kappa shape index (κ3) is 2.63. The van der Waals surface area contributed by atoms with Crippen LogP contribution >= 0.6 is 11.6 Å². The zero-order valence-electron chi connectivity index (χ0n) is 10.3. The predicted molar refractivity (Wildman–Crippen MR) is 76.8 cm³/mol. The average molecular weight is 296 g/mol. The van der Waals surface area contributed by atoms with E-state index in [1.54, 1.807) is 0 Å². The van der Waals surface area contributed by atoms with Crippen LogP contribution in [0.3, 0.4) is 0 Å². The Hall–Kier alpha value is -1.04. The molecule has 100 valence electrons. The number of fused-ring (bicyclic) bond motifs is 1. The van der Waals surface area contributed by atoms with Gasteiger partial charge in [-0.15, -0.1) is 0 Å². The minimum atomic E-state index is -1.21. The van der Waals surface area contributed by atoms with Gasteiger partial charge in [-0.05, 0) is 31.5 Å². The highest BCUT2D eigenvalue weighted by molar-refractivity contribution is 7.85. The van der Waals surface area contributed by atoms with Crippen molar-refractivity contribution in [2.45, 2.75) is 23.1 Å². The van der Waals surface area contributed by atoms with Crippen LogP contribution in [-0.2, 0) is 10.8 Å². The summed E-state index contributed by atoms with van der Waals surface area (Å²) in [5.41, 5.74) is 1.47. The lowest BCUT2D eigenvalue weighted by Crippen LogP contribution is -2.36. The molecule has 2 atom stereocenters. The summed E-state index contributed by atoms with van der Waals surface area (Å²) in [5, 5.41) is 3.99. The maximum absolute atomic E-state index is 12.5. The lowest BCUT2D eigenvalue weighted by molar-refractivity contribution is 0.519. The second-order valence-corrected chi connectivity index (χ2v) is 6.58. The van der Waals surface area contributed by atoms with Gasteiger partial charge < -0.3 is 5.32 Å². The van der Waals surface area contributed by atoms with E-state index in [9.17, 15) is 4.21 Å². The molecule has 6 heteroatoms. The Bertz CT molecular complexity index is 628. The molecular formula is C13H14ClN3OS. The van der Waals surface area contributed by atoms with Gasteiger partial charge in [0.2, 0.25) is 0 Å². The summed E-state index contributed by atoms with van der Waals surface area (Å²) in [7, 11) is -1.21. The van der Waals surface area contributed by atoms with E-state index >= 15 is 0 Å². The second kappa shape index (κ2) is 5.53. The van der Waals surface area contributed by atoms with E-state index in [1.807, 2.05) is 24.3 Å². The molecule has 4 nitrogen and oxygen atoms in total. The standard InChI is InChI=1S/C13H14ClN3OS/c14-12-13(19(18)9-4-3-7-15-8-9)17-11-6-2-1-5-10(11)16-12/h1-2,5-6,9,15H,3-4,7-8H2/t9-,19+/m1/s1. The van der Waals surface area contributed by atoms with Crippen LogP contribution in [0.25, 0.3) is 11.0 Å². The molecule has 0 amide bonds. The van der Waals surface area contributed by atoms with Crippen molar-refractivity contribution in [1.82, 2.24) is 15.3 Å². The summed E-state index contributed by atoms with van der Waals surface area (Å²) >= 11 is 6.13. The van der Waals surface area contributed by atoms with Crippen molar-refractivity contribution in [3.05, 3.63) is 29.4 Å². The molecule has 2 heterocycles. The summed E-state index contributed by atoms with van der Waals surface area (Å²) in [4.78, 5) is 8.71. The van der Waals surface area contributed by atoms with Gasteiger partial charge in [-0.2, -0.15) is 0 Å². The van der Waals surface area contributed by atoms with E-state index in [0.717, 1.165) is 37.0 Å². The first-order chi connectivity index (χ1) is 9.25. The highest BCUT2D eigenvalue weighted by atomic mass is 35.5. The van der Waals surface area contributed by atoms with Crippen LogP contribution in [0, 0.1) is 0 Å². The van der Waals surface area contributed by atoms with E-state index in [-0.39, 0.29) is 10.4 Å². The zero-order valence-corrected chi connectivity index (χ0v) is 11.9. The smallest absolute Gasteiger partial charge is 0.165 e.